The van der Waals surface area contributed by atoms with E-state index in [1.807, 2.05) is 13.0 Å². The van der Waals surface area contributed by atoms with Crippen LogP contribution in [0.5, 0.6) is 0 Å². The van der Waals surface area contributed by atoms with Crippen LogP contribution in [-0.2, 0) is 0 Å². The minimum Gasteiger partial charge on any atom is -0.346 e. The third-order valence-electron chi connectivity index (χ3n) is 3.13. The predicted octanol–water partition coefficient (Wildman–Crippen LogP) is 3.07. The van der Waals surface area contributed by atoms with E-state index in [0.717, 1.165) is 23.7 Å². The predicted molar refractivity (Wildman–Crippen MR) is 73.5 cm³/mol. The van der Waals surface area contributed by atoms with Crippen LogP contribution in [0, 0.1) is 6.92 Å². The van der Waals surface area contributed by atoms with Crippen LogP contribution in [0.25, 0.3) is 0 Å². The van der Waals surface area contributed by atoms with Crippen molar-refractivity contribution in [3.8, 4) is 0 Å². The second-order valence-electron chi connectivity index (χ2n) is 4.33. The highest BCUT2D eigenvalue weighted by Crippen LogP contribution is 2.18. The number of alkyl halides is 1. The van der Waals surface area contributed by atoms with Crippen molar-refractivity contribution in [1.82, 2.24) is 10.3 Å². The maximum atomic E-state index is 12.1. The fourth-order valence-electron chi connectivity index (χ4n) is 1.64. The number of carbonyl (C=O) groups excluding carboxylic acids is 1. The third kappa shape index (κ3) is 3.53. The first kappa shape index (κ1) is 14.2. The van der Waals surface area contributed by atoms with Crippen LogP contribution in [0.2, 0.25) is 0 Å². The molecule has 3 nitrogen and oxygen atoms in total. The number of nitrogens with one attached hydrogen (secondary N) is 1. The summed E-state index contributed by atoms with van der Waals surface area (Å²) in [6.07, 6.45) is 5.15. The Morgan fingerprint density at radius 3 is 2.53 bits per heavy atom. The van der Waals surface area contributed by atoms with Crippen LogP contribution < -0.4 is 5.32 Å². The van der Waals surface area contributed by atoms with E-state index in [2.05, 4.69) is 40.1 Å². The van der Waals surface area contributed by atoms with E-state index in [9.17, 15) is 4.79 Å². The standard InChI is InChI=1S/C13H19BrN2O/c1-4-13(5-2,9-14)16-12(17)11-6-10(3)7-15-8-11/h6-8H,4-5,9H2,1-3H3,(H,16,17). The molecule has 0 atom stereocenters. The number of nitrogens with zero attached hydrogens (tertiary/aromatic N) is 1. The summed E-state index contributed by atoms with van der Waals surface area (Å²) in [5, 5.41) is 3.86. The van der Waals surface area contributed by atoms with Gasteiger partial charge in [0.15, 0.2) is 0 Å². The molecule has 1 amide bonds. The smallest absolute Gasteiger partial charge is 0.253 e. The van der Waals surface area contributed by atoms with Crippen molar-refractivity contribution in [3.63, 3.8) is 0 Å². The molecular weight excluding hydrogens is 280 g/mol. The Morgan fingerprint density at radius 2 is 2.06 bits per heavy atom. The highest BCUT2D eigenvalue weighted by molar-refractivity contribution is 9.09. The summed E-state index contributed by atoms with van der Waals surface area (Å²) in [6, 6.07) is 1.85. The summed E-state index contributed by atoms with van der Waals surface area (Å²) in [5.74, 6) is -0.0515. The molecule has 94 valence electrons. The molecule has 0 aliphatic carbocycles. The molecule has 0 unspecified atom stereocenters. The fourth-order valence-corrected chi connectivity index (χ4v) is 2.57. The molecule has 0 radical (unpaired) electrons. The van der Waals surface area contributed by atoms with E-state index < -0.39 is 0 Å². The van der Waals surface area contributed by atoms with Gasteiger partial charge in [0.2, 0.25) is 0 Å². The Bertz CT molecular complexity index is 380. The zero-order valence-electron chi connectivity index (χ0n) is 10.6. The van der Waals surface area contributed by atoms with E-state index in [4.69, 9.17) is 0 Å². The van der Waals surface area contributed by atoms with Crippen molar-refractivity contribution in [1.29, 1.82) is 0 Å². The number of carbonyl (C=O) groups is 1. The number of hydrogen-bond donors (Lipinski definition) is 1. The van der Waals surface area contributed by atoms with Crippen molar-refractivity contribution in [2.75, 3.05) is 5.33 Å². The molecule has 0 saturated heterocycles. The van der Waals surface area contributed by atoms with Gasteiger partial charge in [-0.05, 0) is 31.4 Å². The normalized spacial score (nSPS) is 11.3. The number of aryl methyl sites for hydroxylation is 1. The van der Waals surface area contributed by atoms with Crippen LogP contribution in [-0.4, -0.2) is 21.8 Å². The largest absolute Gasteiger partial charge is 0.346 e. The first-order chi connectivity index (χ1) is 8.06. The molecule has 0 aliphatic heterocycles. The Labute approximate surface area is 111 Å². The van der Waals surface area contributed by atoms with Gasteiger partial charge in [0.1, 0.15) is 0 Å². The second kappa shape index (κ2) is 6.15. The van der Waals surface area contributed by atoms with Gasteiger partial charge in [0.05, 0.1) is 5.56 Å². The summed E-state index contributed by atoms with van der Waals surface area (Å²) in [4.78, 5) is 16.2. The first-order valence-corrected chi connectivity index (χ1v) is 6.99. The van der Waals surface area contributed by atoms with Gasteiger partial charge in [-0.1, -0.05) is 29.8 Å². The lowest BCUT2D eigenvalue weighted by atomic mass is 9.95. The molecular formula is C13H19BrN2O. The summed E-state index contributed by atoms with van der Waals surface area (Å²) < 4.78 is 0. The number of amides is 1. The summed E-state index contributed by atoms with van der Waals surface area (Å²) in [7, 11) is 0. The molecule has 1 aromatic rings. The molecule has 1 heterocycles. The van der Waals surface area contributed by atoms with Gasteiger partial charge in [0.25, 0.3) is 5.91 Å². The van der Waals surface area contributed by atoms with E-state index in [1.165, 1.54) is 0 Å². The monoisotopic (exact) mass is 298 g/mol. The van der Waals surface area contributed by atoms with Crippen molar-refractivity contribution in [3.05, 3.63) is 29.6 Å². The minimum atomic E-state index is -0.166. The van der Waals surface area contributed by atoms with Crippen LogP contribution in [0.1, 0.15) is 42.6 Å². The highest BCUT2D eigenvalue weighted by Gasteiger charge is 2.27. The molecule has 0 spiro atoms. The fraction of sp³-hybridized carbons (Fsp3) is 0.538. The number of aromatic nitrogens is 1. The van der Waals surface area contributed by atoms with E-state index >= 15 is 0 Å². The van der Waals surface area contributed by atoms with E-state index in [-0.39, 0.29) is 11.4 Å². The molecule has 0 bridgehead atoms. The van der Waals surface area contributed by atoms with Gasteiger partial charge >= 0.3 is 0 Å². The van der Waals surface area contributed by atoms with Gasteiger partial charge in [-0.3, -0.25) is 9.78 Å². The zero-order chi connectivity index (χ0) is 12.9. The Balaban J connectivity index is 2.84. The molecule has 1 rings (SSSR count). The average Bonchev–Trinajstić information content (AvgIpc) is 2.36. The van der Waals surface area contributed by atoms with Gasteiger partial charge in [-0.2, -0.15) is 0 Å². The molecule has 1 aromatic heterocycles. The summed E-state index contributed by atoms with van der Waals surface area (Å²) in [6.45, 7) is 6.10. The molecule has 0 fully saturated rings. The molecule has 17 heavy (non-hydrogen) atoms. The Morgan fingerprint density at radius 1 is 1.41 bits per heavy atom. The molecule has 1 N–H and O–H groups in total. The number of hydrogen-bond acceptors (Lipinski definition) is 2. The van der Waals surface area contributed by atoms with Gasteiger partial charge in [0, 0.05) is 23.3 Å². The van der Waals surface area contributed by atoms with Crippen molar-refractivity contribution in [2.45, 2.75) is 39.2 Å². The zero-order valence-corrected chi connectivity index (χ0v) is 12.2. The SMILES string of the molecule is CCC(CC)(CBr)NC(=O)c1cncc(C)c1. The molecule has 0 aromatic carbocycles. The second-order valence-corrected chi connectivity index (χ2v) is 4.89. The van der Waals surface area contributed by atoms with Crippen molar-refractivity contribution in [2.24, 2.45) is 0 Å². The first-order valence-electron chi connectivity index (χ1n) is 5.87. The maximum absolute atomic E-state index is 12.1. The third-order valence-corrected chi connectivity index (χ3v) is 4.20. The van der Waals surface area contributed by atoms with E-state index in [1.54, 1.807) is 12.4 Å². The lowest BCUT2D eigenvalue weighted by molar-refractivity contribution is 0.0903. The van der Waals surface area contributed by atoms with Crippen LogP contribution in [0.3, 0.4) is 0 Å². The van der Waals surface area contributed by atoms with Gasteiger partial charge in [-0.15, -0.1) is 0 Å². The highest BCUT2D eigenvalue weighted by atomic mass is 79.9. The summed E-state index contributed by atoms with van der Waals surface area (Å²) in [5.41, 5.74) is 1.45. The number of halogens is 1. The van der Waals surface area contributed by atoms with Gasteiger partial charge < -0.3 is 5.32 Å². The lowest BCUT2D eigenvalue weighted by Crippen LogP contribution is -2.49. The molecule has 0 aliphatic rings. The van der Waals surface area contributed by atoms with Crippen LogP contribution in [0.15, 0.2) is 18.5 Å². The maximum Gasteiger partial charge on any atom is 0.253 e. The van der Waals surface area contributed by atoms with Crippen molar-refractivity contribution < 1.29 is 4.79 Å². The summed E-state index contributed by atoms with van der Waals surface area (Å²) >= 11 is 3.48. The van der Waals surface area contributed by atoms with Crippen LogP contribution in [0.4, 0.5) is 0 Å². The minimum absolute atomic E-state index is 0.0515. The quantitative estimate of drug-likeness (QED) is 0.849. The molecule has 4 heteroatoms. The number of pyridine rings is 1. The topological polar surface area (TPSA) is 42.0 Å². The van der Waals surface area contributed by atoms with E-state index in [0.29, 0.717) is 5.56 Å². The van der Waals surface area contributed by atoms with Gasteiger partial charge in [-0.25, -0.2) is 0 Å². The Kier molecular flexibility index (Phi) is 5.12. The van der Waals surface area contributed by atoms with Crippen LogP contribution >= 0.6 is 15.9 Å². The lowest BCUT2D eigenvalue weighted by Gasteiger charge is -2.30. The molecule has 0 saturated carbocycles. The van der Waals surface area contributed by atoms with Crippen molar-refractivity contribution >= 4 is 21.8 Å². The Hall–Kier alpha value is -0.900. The number of rotatable bonds is 5. The average molecular weight is 299 g/mol.